The first kappa shape index (κ1) is 23.6. The highest BCUT2D eigenvalue weighted by molar-refractivity contribution is 5.94. The van der Waals surface area contributed by atoms with Crippen molar-refractivity contribution in [2.75, 3.05) is 27.2 Å². The second kappa shape index (κ2) is 9.49. The minimum Gasteiger partial charge on any atom is -0.492 e. The van der Waals surface area contributed by atoms with E-state index >= 15 is 0 Å². The van der Waals surface area contributed by atoms with Gasteiger partial charge < -0.3 is 25.0 Å². The lowest BCUT2D eigenvalue weighted by Gasteiger charge is -2.62. The largest absolute Gasteiger partial charge is 0.492 e. The number of pyridine rings is 1. The van der Waals surface area contributed by atoms with E-state index in [-0.39, 0.29) is 22.9 Å². The number of rotatable bonds is 8. The predicted molar refractivity (Wildman–Crippen MR) is 131 cm³/mol. The second-order valence-electron chi connectivity index (χ2n) is 10.8. The summed E-state index contributed by atoms with van der Waals surface area (Å²) in [5.74, 6) is 1.94. The van der Waals surface area contributed by atoms with Crippen LogP contribution in [0.25, 0.3) is 0 Å². The molecule has 4 fully saturated rings. The molecule has 1 aromatic carbocycles. The fraction of sp³-hybridized carbons (Fsp3) is 0.519. The van der Waals surface area contributed by atoms with Crippen LogP contribution in [0.5, 0.6) is 11.6 Å². The van der Waals surface area contributed by atoms with Gasteiger partial charge in [-0.1, -0.05) is 6.07 Å². The van der Waals surface area contributed by atoms with Gasteiger partial charge in [0.25, 0.3) is 5.91 Å². The van der Waals surface area contributed by atoms with Crippen LogP contribution in [-0.2, 0) is 0 Å². The summed E-state index contributed by atoms with van der Waals surface area (Å²) in [5, 5.41) is 6.55. The minimum absolute atomic E-state index is 0.0713. The molecule has 1 aromatic heterocycles. The average Bonchev–Trinajstić information content (AvgIpc) is 2.78. The molecule has 1 heterocycles. The monoisotopic (exact) mass is 478 g/mol. The van der Waals surface area contributed by atoms with E-state index in [1.165, 1.54) is 0 Å². The average molecular weight is 479 g/mol. The zero-order valence-corrected chi connectivity index (χ0v) is 20.5. The van der Waals surface area contributed by atoms with Crippen LogP contribution in [0.15, 0.2) is 48.7 Å². The van der Waals surface area contributed by atoms with Crippen LogP contribution in [-0.4, -0.2) is 60.2 Å². The molecule has 0 aliphatic heterocycles. The van der Waals surface area contributed by atoms with E-state index in [2.05, 4.69) is 20.5 Å². The Morgan fingerprint density at radius 2 is 1.69 bits per heavy atom. The number of benzene rings is 1. The Bertz CT molecular complexity index is 1040. The third-order valence-electron chi connectivity index (χ3n) is 7.57. The molecule has 0 radical (unpaired) electrons. The number of carbonyl (C=O) groups excluding carboxylic acids is 2. The summed E-state index contributed by atoms with van der Waals surface area (Å²) in [6.07, 6.45) is 6.78. The summed E-state index contributed by atoms with van der Waals surface area (Å²) >= 11 is 0. The topological polar surface area (TPSA) is 92.8 Å². The van der Waals surface area contributed by atoms with Crippen molar-refractivity contribution in [1.82, 2.24) is 20.5 Å². The SMILES string of the molecule is CN(C)CCOc1ccc(C(=O)NC23CC4CC(CC(NC(=O)Oc5ccccn5)(C4)C2)C3)cc1. The molecule has 4 aliphatic rings. The Labute approximate surface area is 206 Å². The van der Waals surface area contributed by atoms with Gasteiger partial charge in [-0.25, -0.2) is 9.78 Å². The maximum atomic E-state index is 13.2. The van der Waals surface area contributed by atoms with Crippen molar-refractivity contribution in [2.45, 2.75) is 49.6 Å². The first-order chi connectivity index (χ1) is 16.8. The second-order valence-corrected chi connectivity index (χ2v) is 10.8. The van der Waals surface area contributed by atoms with Gasteiger partial charge in [-0.3, -0.25) is 4.79 Å². The smallest absolute Gasteiger partial charge is 0.414 e. The predicted octanol–water partition coefficient (Wildman–Crippen LogP) is 3.63. The van der Waals surface area contributed by atoms with Crippen molar-refractivity contribution < 1.29 is 19.1 Å². The summed E-state index contributed by atoms with van der Waals surface area (Å²) in [4.78, 5) is 32.1. The number of amides is 2. The Balaban J connectivity index is 1.24. The molecule has 2 amide bonds. The molecule has 35 heavy (non-hydrogen) atoms. The van der Waals surface area contributed by atoms with Crippen LogP contribution in [0.1, 0.15) is 48.9 Å². The number of hydrogen-bond donors (Lipinski definition) is 2. The fourth-order valence-corrected chi connectivity index (χ4v) is 6.66. The van der Waals surface area contributed by atoms with Crippen LogP contribution in [0.4, 0.5) is 4.79 Å². The lowest BCUT2D eigenvalue weighted by molar-refractivity contribution is -0.0449. The molecule has 2 aromatic rings. The van der Waals surface area contributed by atoms with E-state index in [1.54, 1.807) is 24.4 Å². The molecular weight excluding hydrogens is 444 g/mol. The molecule has 0 saturated heterocycles. The van der Waals surface area contributed by atoms with Crippen LogP contribution in [0.2, 0.25) is 0 Å². The van der Waals surface area contributed by atoms with Gasteiger partial charge in [0.1, 0.15) is 12.4 Å². The number of ether oxygens (including phenoxy) is 2. The molecule has 2 atom stereocenters. The van der Waals surface area contributed by atoms with Gasteiger partial charge in [-0.05, 0) is 94.8 Å². The Morgan fingerprint density at radius 3 is 2.31 bits per heavy atom. The standard InChI is InChI=1S/C27H34N4O4/c1-31(2)11-12-34-22-8-6-21(7-9-22)24(32)29-26-14-19-13-20(15-26)17-27(16-19,18-26)30-25(33)35-23-5-3-4-10-28-23/h3-10,19-20H,11-18H2,1-2H3,(H,29,32)(H,30,33). The third-order valence-corrected chi connectivity index (χ3v) is 7.57. The van der Waals surface area contributed by atoms with Crippen molar-refractivity contribution in [3.05, 3.63) is 54.2 Å². The van der Waals surface area contributed by atoms with Gasteiger partial charge >= 0.3 is 6.09 Å². The molecule has 4 aliphatic carbocycles. The molecular formula is C27H34N4O4. The van der Waals surface area contributed by atoms with Gasteiger partial charge in [0.2, 0.25) is 5.88 Å². The van der Waals surface area contributed by atoms with Crippen molar-refractivity contribution >= 4 is 12.0 Å². The van der Waals surface area contributed by atoms with Crippen molar-refractivity contribution in [3.8, 4) is 11.6 Å². The van der Waals surface area contributed by atoms with Gasteiger partial charge in [0, 0.05) is 35.4 Å². The first-order valence-corrected chi connectivity index (χ1v) is 12.4. The number of nitrogens with one attached hydrogen (secondary N) is 2. The number of likely N-dealkylation sites (N-methyl/N-ethyl adjacent to an activating group) is 1. The Hall–Kier alpha value is -3.13. The van der Waals surface area contributed by atoms with Crippen molar-refractivity contribution in [3.63, 3.8) is 0 Å². The highest BCUT2D eigenvalue weighted by atomic mass is 16.6. The molecule has 0 spiro atoms. The zero-order chi connectivity index (χ0) is 24.5. The third kappa shape index (κ3) is 5.42. The van der Waals surface area contributed by atoms with E-state index in [4.69, 9.17) is 9.47 Å². The molecule has 4 saturated carbocycles. The molecule has 4 bridgehead atoms. The van der Waals surface area contributed by atoms with Gasteiger partial charge in [0.15, 0.2) is 0 Å². The summed E-state index contributed by atoms with van der Waals surface area (Å²) in [6, 6.07) is 12.6. The molecule has 2 N–H and O–H groups in total. The summed E-state index contributed by atoms with van der Waals surface area (Å²) in [6.45, 7) is 1.43. The maximum absolute atomic E-state index is 13.2. The number of carbonyl (C=O) groups is 2. The Morgan fingerprint density at radius 1 is 1.00 bits per heavy atom. The first-order valence-electron chi connectivity index (χ1n) is 12.4. The van der Waals surface area contributed by atoms with E-state index in [0.717, 1.165) is 50.8 Å². The van der Waals surface area contributed by atoms with E-state index in [0.29, 0.717) is 24.0 Å². The normalized spacial score (nSPS) is 28.5. The van der Waals surface area contributed by atoms with Crippen molar-refractivity contribution in [2.24, 2.45) is 11.8 Å². The number of nitrogens with zero attached hydrogens (tertiary/aromatic N) is 2. The molecule has 2 unspecified atom stereocenters. The quantitative estimate of drug-likeness (QED) is 0.602. The highest BCUT2D eigenvalue weighted by Gasteiger charge is 2.59. The van der Waals surface area contributed by atoms with Gasteiger partial charge in [0.05, 0.1) is 0 Å². The zero-order valence-electron chi connectivity index (χ0n) is 20.5. The van der Waals surface area contributed by atoms with Gasteiger partial charge in [-0.2, -0.15) is 0 Å². The lowest BCUT2D eigenvalue weighted by atomic mass is 9.50. The van der Waals surface area contributed by atoms with Crippen LogP contribution in [0.3, 0.4) is 0 Å². The summed E-state index contributed by atoms with van der Waals surface area (Å²) in [7, 11) is 4.01. The van der Waals surface area contributed by atoms with E-state index < -0.39 is 6.09 Å². The van der Waals surface area contributed by atoms with E-state index in [1.807, 2.05) is 38.4 Å². The molecule has 8 heteroatoms. The van der Waals surface area contributed by atoms with Crippen molar-refractivity contribution in [1.29, 1.82) is 0 Å². The van der Waals surface area contributed by atoms with Crippen LogP contribution < -0.4 is 20.1 Å². The minimum atomic E-state index is -0.475. The van der Waals surface area contributed by atoms with Crippen LogP contribution in [0, 0.1) is 11.8 Å². The fourth-order valence-electron chi connectivity index (χ4n) is 6.66. The van der Waals surface area contributed by atoms with Gasteiger partial charge in [-0.15, -0.1) is 0 Å². The Kier molecular flexibility index (Phi) is 6.40. The van der Waals surface area contributed by atoms with E-state index in [9.17, 15) is 9.59 Å². The summed E-state index contributed by atoms with van der Waals surface area (Å²) < 4.78 is 11.2. The molecule has 186 valence electrons. The molecule has 6 rings (SSSR count). The number of aromatic nitrogens is 1. The van der Waals surface area contributed by atoms with Crippen LogP contribution >= 0.6 is 0 Å². The number of hydrogen-bond acceptors (Lipinski definition) is 6. The highest BCUT2D eigenvalue weighted by Crippen LogP contribution is 2.57. The molecule has 8 nitrogen and oxygen atoms in total. The summed E-state index contributed by atoms with van der Waals surface area (Å²) in [5.41, 5.74) is -0.0366. The lowest BCUT2D eigenvalue weighted by Crippen LogP contribution is -2.70. The maximum Gasteiger partial charge on any atom is 0.414 e.